The number of hydrogen-bond donors (Lipinski definition) is 2. The largest absolute Gasteiger partial charge is 0.393 e. The van der Waals surface area contributed by atoms with Crippen molar-refractivity contribution in [3.05, 3.63) is 30.6 Å². The van der Waals surface area contributed by atoms with E-state index in [0.29, 0.717) is 0 Å². The van der Waals surface area contributed by atoms with Crippen LogP contribution in [0.3, 0.4) is 0 Å². The maximum atomic E-state index is 9.08. The summed E-state index contributed by atoms with van der Waals surface area (Å²) in [5.41, 5.74) is 0.956. The van der Waals surface area contributed by atoms with Gasteiger partial charge >= 0.3 is 0 Å². The number of nitrogens with zero attached hydrogens (tertiary/aromatic N) is 1. The van der Waals surface area contributed by atoms with Crippen LogP contribution in [0.1, 0.15) is 32.6 Å². The van der Waals surface area contributed by atoms with E-state index in [1.165, 1.54) is 12.8 Å². The van der Waals surface area contributed by atoms with Crippen LogP contribution in [0.5, 0.6) is 0 Å². The Morgan fingerprint density at radius 1 is 1.35 bits per heavy atom. The molecule has 3 rings (SSSR count). The molecule has 17 heavy (non-hydrogen) atoms. The molecule has 2 heterocycles. The number of aliphatic hydroxyl groups excluding tert-OH is 1. The molecule has 0 aliphatic heterocycles. The van der Waals surface area contributed by atoms with Gasteiger partial charge in [-0.3, -0.25) is 0 Å². The predicted octanol–water partition coefficient (Wildman–Crippen LogP) is 3.12. The zero-order valence-corrected chi connectivity index (χ0v) is 10.3. The van der Waals surface area contributed by atoms with Gasteiger partial charge in [-0.25, -0.2) is 4.98 Å². The Morgan fingerprint density at radius 3 is 2.88 bits per heavy atom. The summed E-state index contributed by atoms with van der Waals surface area (Å²) in [5, 5.41) is 10.2. The summed E-state index contributed by atoms with van der Waals surface area (Å²) >= 11 is 0. The van der Waals surface area contributed by atoms with Gasteiger partial charge in [0.1, 0.15) is 5.65 Å². The lowest BCUT2D eigenvalue weighted by Gasteiger charge is -2.21. The molecular formula is C14H20N2O. The quantitative estimate of drug-likeness (QED) is 0.733. The average Bonchev–Trinajstić information content (AvgIpc) is 2.77. The summed E-state index contributed by atoms with van der Waals surface area (Å²) < 4.78 is 0. The number of aromatic nitrogens is 2. The summed E-state index contributed by atoms with van der Waals surface area (Å²) in [7, 11) is 0. The Hall–Kier alpha value is -1.35. The molecule has 0 saturated heterocycles. The smallest absolute Gasteiger partial charge is 0.137 e. The number of H-pyrrole nitrogens is 1. The van der Waals surface area contributed by atoms with Gasteiger partial charge in [0.25, 0.3) is 0 Å². The molecule has 0 amide bonds. The van der Waals surface area contributed by atoms with Crippen molar-refractivity contribution in [2.24, 2.45) is 5.92 Å². The minimum atomic E-state index is 0.0127. The third-order valence-electron chi connectivity index (χ3n) is 3.23. The minimum Gasteiger partial charge on any atom is -0.393 e. The summed E-state index contributed by atoms with van der Waals surface area (Å²) in [6.07, 6.45) is 8.28. The summed E-state index contributed by atoms with van der Waals surface area (Å²) in [6.45, 7) is 2.21. The van der Waals surface area contributed by atoms with E-state index < -0.39 is 0 Å². The Labute approximate surface area is 102 Å². The lowest BCUT2D eigenvalue weighted by Crippen LogP contribution is -2.16. The van der Waals surface area contributed by atoms with Crippen molar-refractivity contribution in [1.82, 2.24) is 9.97 Å². The van der Waals surface area contributed by atoms with E-state index in [9.17, 15) is 0 Å². The molecular weight excluding hydrogens is 212 g/mol. The summed E-state index contributed by atoms with van der Waals surface area (Å²) in [4.78, 5) is 7.09. The van der Waals surface area contributed by atoms with Crippen LogP contribution < -0.4 is 0 Å². The van der Waals surface area contributed by atoms with Gasteiger partial charge in [-0.1, -0.05) is 19.8 Å². The third-order valence-corrected chi connectivity index (χ3v) is 3.23. The van der Waals surface area contributed by atoms with Crippen LogP contribution in [0.15, 0.2) is 30.6 Å². The van der Waals surface area contributed by atoms with Crippen LogP contribution in [-0.4, -0.2) is 21.2 Å². The highest BCUT2D eigenvalue weighted by atomic mass is 16.3. The Kier molecular flexibility index (Phi) is 4.15. The normalized spacial score (nSPS) is 24.1. The van der Waals surface area contributed by atoms with E-state index in [4.69, 9.17) is 5.11 Å². The number of pyridine rings is 1. The van der Waals surface area contributed by atoms with Gasteiger partial charge in [0, 0.05) is 17.8 Å². The molecule has 0 radical (unpaired) electrons. The molecule has 0 aromatic carbocycles. The first kappa shape index (κ1) is 12.1. The highest BCUT2D eigenvalue weighted by Gasteiger charge is 2.15. The predicted molar refractivity (Wildman–Crippen MR) is 69.7 cm³/mol. The lowest BCUT2D eigenvalue weighted by atomic mass is 9.89. The van der Waals surface area contributed by atoms with E-state index in [0.717, 1.165) is 29.8 Å². The first-order valence-electron chi connectivity index (χ1n) is 6.32. The number of hydrogen-bond acceptors (Lipinski definition) is 2. The standard InChI is InChI=1S/C7H6N2.C7H14O/c1-2-6-3-5-9-7(6)8-4-1;1-6-3-2-4-7(8)5-6/h1-5H,(H,8,9);6-8H,2-5H2,1H3. The first-order valence-corrected chi connectivity index (χ1v) is 6.32. The molecule has 1 aliphatic rings. The molecule has 2 aromatic heterocycles. The average molecular weight is 232 g/mol. The molecule has 1 saturated carbocycles. The van der Waals surface area contributed by atoms with Crippen LogP contribution in [0.4, 0.5) is 0 Å². The molecule has 1 fully saturated rings. The van der Waals surface area contributed by atoms with Crippen molar-refractivity contribution >= 4 is 11.0 Å². The van der Waals surface area contributed by atoms with Gasteiger partial charge in [0.05, 0.1) is 6.10 Å². The fourth-order valence-corrected chi connectivity index (χ4v) is 2.29. The molecule has 2 aromatic rings. The number of fused-ring (bicyclic) bond motifs is 1. The molecule has 3 nitrogen and oxygen atoms in total. The monoisotopic (exact) mass is 232 g/mol. The van der Waals surface area contributed by atoms with E-state index in [-0.39, 0.29) is 6.10 Å². The maximum Gasteiger partial charge on any atom is 0.137 e. The van der Waals surface area contributed by atoms with E-state index in [1.54, 1.807) is 6.20 Å². The van der Waals surface area contributed by atoms with Crippen LogP contribution in [0.25, 0.3) is 11.0 Å². The van der Waals surface area contributed by atoms with Crippen molar-refractivity contribution in [2.45, 2.75) is 38.7 Å². The minimum absolute atomic E-state index is 0.0127. The molecule has 92 valence electrons. The third kappa shape index (κ3) is 3.56. The van der Waals surface area contributed by atoms with Gasteiger partial charge < -0.3 is 10.1 Å². The highest BCUT2D eigenvalue weighted by Crippen LogP contribution is 2.22. The van der Waals surface area contributed by atoms with Crippen molar-refractivity contribution in [3.8, 4) is 0 Å². The molecule has 1 aliphatic carbocycles. The second kappa shape index (κ2) is 5.82. The molecule has 0 spiro atoms. The fraction of sp³-hybridized carbons (Fsp3) is 0.500. The van der Waals surface area contributed by atoms with Crippen LogP contribution >= 0.6 is 0 Å². The molecule has 2 N–H and O–H groups in total. The van der Waals surface area contributed by atoms with E-state index >= 15 is 0 Å². The zero-order chi connectivity index (χ0) is 12.1. The summed E-state index contributed by atoms with van der Waals surface area (Å²) in [5.74, 6) is 0.763. The number of rotatable bonds is 0. The van der Waals surface area contributed by atoms with Gasteiger partial charge in [-0.2, -0.15) is 0 Å². The Balaban J connectivity index is 0.000000128. The fourth-order valence-electron chi connectivity index (χ4n) is 2.29. The molecule has 0 bridgehead atoms. The van der Waals surface area contributed by atoms with Crippen molar-refractivity contribution in [1.29, 1.82) is 0 Å². The Bertz CT molecular complexity index is 414. The Morgan fingerprint density at radius 2 is 2.24 bits per heavy atom. The zero-order valence-electron chi connectivity index (χ0n) is 10.3. The van der Waals surface area contributed by atoms with Gasteiger partial charge in [-0.15, -0.1) is 0 Å². The molecule has 3 heteroatoms. The number of nitrogens with one attached hydrogen (secondary N) is 1. The van der Waals surface area contributed by atoms with Crippen LogP contribution in [0, 0.1) is 5.92 Å². The van der Waals surface area contributed by atoms with Crippen LogP contribution in [0.2, 0.25) is 0 Å². The molecule has 2 atom stereocenters. The highest BCUT2D eigenvalue weighted by molar-refractivity contribution is 5.74. The van der Waals surface area contributed by atoms with Gasteiger partial charge in [0.2, 0.25) is 0 Å². The van der Waals surface area contributed by atoms with Crippen molar-refractivity contribution < 1.29 is 5.11 Å². The number of aliphatic hydroxyl groups is 1. The van der Waals surface area contributed by atoms with Gasteiger partial charge in [-0.05, 0) is 37.0 Å². The maximum absolute atomic E-state index is 9.08. The first-order chi connectivity index (χ1) is 8.25. The van der Waals surface area contributed by atoms with Crippen LogP contribution in [-0.2, 0) is 0 Å². The van der Waals surface area contributed by atoms with E-state index in [2.05, 4.69) is 16.9 Å². The number of aromatic amines is 1. The topological polar surface area (TPSA) is 48.9 Å². The van der Waals surface area contributed by atoms with E-state index in [1.807, 2.05) is 24.4 Å². The second-order valence-electron chi connectivity index (χ2n) is 4.84. The van der Waals surface area contributed by atoms with Crippen molar-refractivity contribution in [3.63, 3.8) is 0 Å². The van der Waals surface area contributed by atoms with Gasteiger partial charge in [0.15, 0.2) is 0 Å². The summed E-state index contributed by atoms with van der Waals surface area (Å²) in [6, 6.07) is 5.96. The lowest BCUT2D eigenvalue weighted by molar-refractivity contribution is 0.106. The van der Waals surface area contributed by atoms with Crippen molar-refractivity contribution in [2.75, 3.05) is 0 Å². The SMILES string of the molecule is CC1CCCC(O)C1.c1cnc2[nH]ccc2c1. The molecule has 2 unspecified atom stereocenters. The second-order valence-corrected chi connectivity index (χ2v) is 4.84.